The van der Waals surface area contributed by atoms with Crippen LogP contribution in [0.25, 0.3) is 0 Å². The Morgan fingerprint density at radius 2 is 2.32 bits per heavy atom. The lowest BCUT2D eigenvalue weighted by Gasteiger charge is -2.04. The fraction of sp³-hybridized carbons (Fsp3) is 0.100. The fourth-order valence-electron chi connectivity index (χ4n) is 1.42. The minimum absolute atomic E-state index is 0.0993. The first-order valence-corrected chi connectivity index (χ1v) is 6.33. The van der Waals surface area contributed by atoms with E-state index in [0.717, 1.165) is 0 Å². The van der Waals surface area contributed by atoms with E-state index in [9.17, 15) is 14.9 Å². The molecule has 98 valence electrons. The maximum absolute atomic E-state index is 11.9. The number of amides is 1. The summed E-state index contributed by atoms with van der Waals surface area (Å²) in [5.74, 6) is -0.311. The Balaban J connectivity index is 2.27. The molecule has 0 atom stereocenters. The van der Waals surface area contributed by atoms with Crippen molar-refractivity contribution >= 4 is 29.3 Å². The Labute approximate surface area is 111 Å². The van der Waals surface area contributed by atoms with E-state index in [4.69, 9.17) is 0 Å². The number of nitrogens with one attached hydrogen (secondary N) is 2. The van der Waals surface area contributed by atoms with Gasteiger partial charge in [-0.3, -0.25) is 20.2 Å². The molecule has 0 aliphatic heterocycles. The number of rotatable bonds is 4. The number of nitrogens with zero attached hydrogens (tertiary/aromatic N) is 3. The van der Waals surface area contributed by atoms with E-state index >= 15 is 0 Å². The van der Waals surface area contributed by atoms with E-state index in [1.165, 1.54) is 36.3 Å². The highest BCUT2D eigenvalue weighted by Gasteiger charge is 2.17. The minimum atomic E-state index is -0.517. The third kappa shape index (κ3) is 2.88. The van der Waals surface area contributed by atoms with E-state index in [0.29, 0.717) is 4.90 Å². The molecule has 0 saturated heterocycles. The molecule has 2 N–H and O–H groups in total. The quantitative estimate of drug-likeness (QED) is 0.500. The molecule has 0 saturated carbocycles. The SMILES string of the molecule is CSc1ccc(C(=O)Nc2ncn[nH]2)cc1[N+](=O)[O-]. The van der Waals surface area contributed by atoms with Crippen LogP contribution in [0.3, 0.4) is 0 Å². The van der Waals surface area contributed by atoms with E-state index < -0.39 is 10.8 Å². The van der Waals surface area contributed by atoms with Gasteiger partial charge in [0.05, 0.1) is 9.82 Å². The van der Waals surface area contributed by atoms with E-state index in [2.05, 4.69) is 20.5 Å². The van der Waals surface area contributed by atoms with Crippen LogP contribution in [0.15, 0.2) is 29.4 Å². The highest BCUT2D eigenvalue weighted by molar-refractivity contribution is 7.98. The zero-order chi connectivity index (χ0) is 13.8. The molecular weight excluding hydrogens is 270 g/mol. The first-order chi connectivity index (χ1) is 9.11. The highest BCUT2D eigenvalue weighted by atomic mass is 32.2. The molecule has 2 rings (SSSR count). The van der Waals surface area contributed by atoms with Gasteiger partial charge in [-0.15, -0.1) is 11.8 Å². The van der Waals surface area contributed by atoms with Crippen molar-refractivity contribution in [3.8, 4) is 0 Å². The summed E-state index contributed by atoms with van der Waals surface area (Å²) in [7, 11) is 0. The number of thioether (sulfide) groups is 1. The molecule has 1 aromatic carbocycles. The van der Waals surface area contributed by atoms with Crippen LogP contribution in [-0.4, -0.2) is 32.3 Å². The van der Waals surface area contributed by atoms with Crippen molar-refractivity contribution in [2.45, 2.75) is 4.90 Å². The van der Waals surface area contributed by atoms with E-state index in [-0.39, 0.29) is 17.2 Å². The lowest BCUT2D eigenvalue weighted by Crippen LogP contribution is -2.13. The molecule has 0 aliphatic rings. The average Bonchev–Trinajstić information content (AvgIpc) is 2.90. The molecule has 0 spiro atoms. The van der Waals surface area contributed by atoms with Crippen LogP contribution in [0.4, 0.5) is 11.6 Å². The number of hydrogen-bond donors (Lipinski definition) is 2. The van der Waals surface area contributed by atoms with Crippen molar-refractivity contribution in [1.29, 1.82) is 0 Å². The second-order valence-electron chi connectivity index (χ2n) is 3.43. The van der Waals surface area contributed by atoms with Crippen LogP contribution >= 0.6 is 11.8 Å². The summed E-state index contributed by atoms with van der Waals surface area (Å²) >= 11 is 1.25. The summed E-state index contributed by atoms with van der Waals surface area (Å²) in [5.41, 5.74) is 0.0821. The summed E-state index contributed by atoms with van der Waals surface area (Å²) in [6, 6.07) is 4.29. The molecule has 0 unspecified atom stereocenters. The molecule has 0 bridgehead atoms. The second-order valence-corrected chi connectivity index (χ2v) is 4.28. The number of aromatic nitrogens is 3. The first kappa shape index (κ1) is 13.0. The lowest BCUT2D eigenvalue weighted by molar-refractivity contribution is -0.387. The molecule has 9 heteroatoms. The predicted octanol–water partition coefficient (Wildman–Crippen LogP) is 1.69. The number of nitro benzene ring substituents is 1. The number of nitro groups is 1. The van der Waals surface area contributed by atoms with Gasteiger partial charge in [0.1, 0.15) is 6.33 Å². The van der Waals surface area contributed by atoms with Crippen molar-refractivity contribution in [2.24, 2.45) is 0 Å². The van der Waals surface area contributed by atoms with Crippen molar-refractivity contribution in [2.75, 3.05) is 11.6 Å². The number of H-pyrrole nitrogens is 1. The monoisotopic (exact) mass is 279 g/mol. The van der Waals surface area contributed by atoms with Crippen LogP contribution in [0.2, 0.25) is 0 Å². The second kappa shape index (κ2) is 5.48. The number of carbonyl (C=O) groups excluding carboxylic acids is 1. The molecule has 19 heavy (non-hydrogen) atoms. The first-order valence-electron chi connectivity index (χ1n) is 5.11. The van der Waals surface area contributed by atoms with Crippen LogP contribution < -0.4 is 5.32 Å². The summed E-state index contributed by atoms with van der Waals surface area (Å²) in [4.78, 5) is 26.5. The van der Waals surface area contributed by atoms with Crippen LogP contribution in [0.1, 0.15) is 10.4 Å². The van der Waals surface area contributed by atoms with Gasteiger partial charge in [-0.2, -0.15) is 10.1 Å². The molecule has 2 aromatic rings. The summed E-state index contributed by atoms with van der Waals surface area (Å²) in [6.45, 7) is 0. The third-order valence-electron chi connectivity index (χ3n) is 2.28. The van der Waals surface area contributed by atoms with Gasteiger partial charge in [0.15, 0.2) is 0 Å². The zero-order valence-corrected chi connectivity index (χ0v) is 10.6. The predicted molar refractivity (Wildman–Crippen MR) is 69.2 cm³/mol. The summed E-state index contributed by atoms with van der Waals surface area (Å²) in [6.07, 6.45) is 2.98. The van der Waals surface area contributed by atoms with Crippen LogP contribution in [0, 0.1) is 10.1 Å². The van der Waals surface area contributed by atoms with Crippen molar-refractivity contribution in [3.05, 3.63) is 40.2 Å². The number of carbonyl (C=O) groups is 1. The number of aromatic amines is 1. The van der Waals surface area contributed by atoms with Gasteiger partial charge in [0, 0.05) is 11.6 Å². The largest absolute Gasteiger partial charge is 0.291 e. The van der Waals surface area contributed by atoms with Crippen LogP contribution in [-0.2, 0) is 0 Å². The standard InChI is InChI=1S/C10H9N5O3S/c1-19-8-3-2-6(4-7(8)15(17)18)9(16)13-10-11-5-12-14-10/h2-5H,1H3,(H2,11,12,13,14,16). The number of hydrogen-bond acceptors (Lipinski definition) is 6. The Bertz CT molecular complexity index is 614. The smallest absolute Gasteiger partial charge is 0.283 e. The van der Waals surface area contributed by atoms with Gasteiger partial charge in [0.25, 0.3) is 11.6 Å². The Kier molecular flexibility index (Phi) is 3.76. The minimum Gasteiger partial charge on any atom is -0.291 e. The molecule has 1 heterocycles. The molecular formula is C10H9N5O3S. The molecule has 0 radical (unpaired) electrons. The van der Waals surface area contributed by atoms with Crippen molar-refractivity contribution in [3.63, 3.8) is 0 Å². The topological polar surface area (TPSA) is 114 Å². The molecule has 1 amide bonds. The normalized spacial score (nSPS) is 10.2. The number of anilines is 1. The van der Waals surface area contributed by atoms with Gasteiger partial charge < -0.3 is 0 Å². The number of benzene rings is 1. The molecule has 0 fully saturated rings. The van der Waals surface area contributed by atoms with Crippen molar-refractivity contribution in [1.82, 2.24) is 15.2 Å². The van der Waals surface area contributed by atoms with Crippen molar-refractivity contribution < 1.29 is 9.72 Å². The maximum atomic E-state index is 11.9. The average molecular weight is 279 g/mol. The fourth-order valence-corrected chi connectivity index (χ4v) is 1.97. The van der Waals surface area contributed by atoms with Gasteiger partial charge in [0.2, 0.25) is 5.95 Å². The van der Waals surface area contributed by atoms with Gasteiger partial charge in [-0.05, 0) is 18.4 Å². The van der Waals surface area contributed by atoms with Crippen LogP contribution in [0.5, 0.6) is 0 Å². The van der Waals surface area contributed by atoms with Gasteiger partial charge >= 0.3 is 0 Å². The molecule has 0 aliphatic carbocycles. The summed E-state index contributed by atoms with van der Waals surface area (Å²) < 4.78 is 0. The van der Waals surface area contributed by atoms with E-state index in [1.54, 1.807) is 6.26 Å². The van der Waals surface area contributed by atoms with Gasteiger partial charge in [-0.25, -0.2) is 5.10 Å². The van der Waals surface area contributed by atoms with E-state index in [1.807, 2.05) is 0 Å². The zero-order valence-electron chi connectivity index (χ0n) is 9.78. The third-order valence-corrected chi connectivity index (χ3v) is 3.07. The highest BCUT2D eigenvalue weighted by Crippen LogP contribution is 2.28. The maximum Gasteiger partial charge on any atom is 0.283 e. The summed E-state index contributed by atoms with van der Waals surface area (Å²) in [5, 5.41) is 19.4. The molecule has 8 nitrogen and oxygen atoms in total. The van der Waals surface area contributed by atoms with Gasteiger partial charge in [-0.1, -0.05) is 0 Å². The Hall–Kier alpha value is -2.42. The molecule has 1 aromatic heterocycles. The Morgan fingerprint density at radius 3 is 2.89 bits per heavy atom. The Morgan fingerprint density at radius 1 is 1.53 bits per heavy atom. The lowest BCUT2D eigenvalue weighted by atomic mass is 10.2.